The van der Waals surface area contributed by atoms with Gasteiger partial charge in [-0.1, -0.05) is 0 Å². The molecule has 0 saturated carbocycles. The van der Waals surface area contributed by atoms with E-state index in [1.807, 2.05) is 0 Å². The quantitative estimate of drug-likeness (QED) is 0.845. The first kappa shape index (κ1) is 15.7. The first-order valence-electron chi connectivity index (χ1n) is 6.78. The molecular formula is C12H18F3N5O. The molecule has 2 N–H and O–H groups in total. The number of hydrogen-bond acceptors (Lipinski definition) is 4. The highest BCUT2D eigenvalue weighted by atomic mass is 19.4. The van der Waals surface area contributed by atoms with Gasteiger partial charge in [-0.15, -0.1) is 10.2 Å². The van der Waals surface area contributed by atoms with Crippen LogP contribution in [0.3, 0.4) is 0 Å². The standard InChI is InChI=1S/C12H18F3N5O/c1-20-7-18-19-10(20)4-5-16-11(21)9-3-2-8(6-17-9)12(13,14)15/h7-9,17H,2-6H2,1H3,(H,16,21). The maximum atomic E-state index is 12.5. The lowest BCUT2D eigenvalue weighted by Gasteiger charge is -2.30. The average molecular weight is 305 g/mol. The fraction of sp³-hybridized carbons (Fsp3) is 0.750. The number of piperidine rings is 1. The van der Waals surface area contributed by atoms with Crippen molar-refractivity contribution in [2.45, 2.75) is 31.5 Å². The summed E-state index contributed by atoms with van der Waals surface area (Å²) < 4.78 is 39.3. The molecule has 1 aliphatic heterocycles. The summed E-state index contributed by atoms with van der Waals surface area (Å²) in [5.74, 6) is -0.887. The van der Waals surface area contributed by atoms with Gasteiger partial charge in [-0.2, -0.15) is 13.2 Å². The lowest BCUT2D eigenvalue weighted by molar-refractivity contribution is -0.180. The molecule has 1 saturated heterocycles. The van der Waals surface area contributed by atoms with Gasteiger partial charge in [0.2, 0.25) is 5.91 Å². The predicted molar refractivity (Wildman–Crippen MR) is 68.3 cm³/mol. The Morgan fingerprint density at radius 1 is 1.52 bits per heavy atom. The summed E-state index contributed by atoms with van der Waals surface area (Å²) in [6, 6.07) is -0.553. The van der Waals surface area contributed by atoms with Crippen molar-refractivity contribution in [1.82, 2.24) is 25.4 Å². The van der Waals surface area contributed by atoms with Crippen molar-refractivity contribution in [3.63, 3.8) is 0 Å². The molecule has 0 bridgehead atoms. The Kier molecular flexibility index (Phi) is 4.81. The van der Waals surface area contributed by atoms with Crippen molar-refractivity contribution in [2.24, 2.45) is 13.0 Å². The van der Waals surface area contributed by atoms with Crippen LogP contribution < -0.4 is 10.6 Å². The van der Waals surface area contributed by atoms with Gasteiger partial charge in [-0.05, 0) is 12.8 Å². The first-order chi connectivity index (χ1) is 9.88. The Labute approximate surface area is 120 Å². The number of nitrogens with zero attached hydrogens (tertiary/aromatic N) is 3. The summed E-state index contributed by atoms with van der Waals surface area (Å²) in [4.78, 5) is 11.9. The summed E-state index contributed by atoms with van der Waals surface area (Å²) in [6.07, 6.45) is -1.92. The minimum atomic E-state index is -4.19. The number of alkyl halides is 3. The minimum absolute atomic E-state index is 0.0160. The van der Waals surface area contributed by atoms with Gasteiger partial charge in [0.25, 0.3) is 0 Å². The number of hydrogen-bond donors (Lipinski definition) is 2. The molecule has 1 fully saturated rings. The van der Waals surface area contributed by atoms with Crippen LogP contribution in [0.2, 0.25) is 0 Å². The van der Waals surface area contributed by atoms with Crippen molar-refractivity contribution in [3.05, 3.63) is 12.2 Å². The van der Waals surface area contributed by atoms with Crippen molar-refractivity contribution in [1.29, 1.82) is 0 Å². The molecule has 1 aromatic heterocycles. The van der Waals surface area contributed by atoms with E-state index in [1.54, 1.807) is 17.9 Å². The third kappa shape index (κ3) is 4.16. The van der Waals surface area contributed by atoms with Crippen LogP contribution in [0.15, 0.2) is 6.33 Å². The second-order valence-electron chi connectivity index (χ2n) is 5.18. The summed E-state index contributed by atoms with van der Waals surface area (Å²) in [7, 11) is 1.80. The molecule has 2 atom stereocenters. The molecule has 6 nitrogen and oxygen atoms in total. The van der Waals surface area contributed by atoms with Crippen molar-refractivity contribution < 1.29 is 18.0 Å². The molecule has 1 aliphatic rings. The van der Waals surface area contributed by atoms with E-state index < -0.39 is 18.1 Å². The van der Waals surface area contributed by atoms with E-state index in [0.29, 0.717) is 13.0 Å². The van der Waals surface area contributed by atoms with Gasteiger partial charge in [-0.3, -0.25) is 4.79 Å². The molecule has 21 heavy (non-hydrogen) atoms. The largest absolute Gasteiger partial charge is 0.393 e. The summed E-state index contributed by atoms with van der Waals surface area (Å²) in [5, 5.41) is 13.0. The zero-order chi connectivity index (χ0) is 15.5. The van der Waals surface area contributed by atoms with Gasteiger partial charge in [-0.25, -0.2) is 0 Å². The van der Waals surface area contributed by atoms with Gasteiger partial charge >= 0.3 is 6.18 Å². The Morgan fingerprint density at radius 2 is 2.29 bits per heavy atom. The van der Waals surface area contributed by atoms with Gasteiger partial charge in [0.1, 0.15) is 12.2 Å². The number of rotatable bonds is 4. The van der Waals surface area contributed by atoms with E-state index in [9.17, 15) is 18.0 Å². The van der Waals surface area contributed by atoms with E-state index in [-0.39, 0.29) is 25.3 Å². The maximum absolute atomic E-state index is 12.5. The fourth-order valence-corrected chi connectivity index (χ4v) is 2.31. The van der Waals surface area contributed by atoms with Gasteiger partial charge in [0, 0.05) is 26.6 Å². The molecule has 2 rings (SSSR count). The Morgan fingerprint density at radius 3 is 2.81 bits per heavy atom. The fourth-order valence-electron chi connectivity index (χ4n) is 2.31. The number of aryl methyl sites for hydroxylation is 1. The molecule has 2 unspecified atom stereocenters. The summed E-state index contributed by atoms with van der Waals surface area (Å²) in [6.45, 7) is 0.178. The molecule has 1 amide bonds. The van der Waals surface area contributed by atoms with E-state index >= 15 is 0 Å². The number of carbonyl (C=O) groups is 1. The number of amides is 1. The van der Waals surface area contributed by atoms with Crippen LogP contribution in [-0.4, -0.2) is 46.0 Å². The molecule has 118 valence electrons. The van der Waals surface area contributed by atoms with Crippen molar-refractivity contribution in [3.8, 4) is 0 Å². The monoisotopic (exact) mass is 305 g/mol. The number of carbonyl (C=O) groups excluding carboxylic acids is 1. The van der Waals surface area contributed by atoms with Crippen LogP contribution >= 0.6 is 0 Å². The number of aromatic nitrogens is 3. The Balaban J connectivity index is 1.71. The highest BCUT2D eigenvalue weighted by Gasteiger charge is 2.42. The minimum Gasteiger partial charge on any atom is -0.354 e. The van der Waals surface area contributed by atoms with Gasteiger partial charge < -0.3 is 15.2 Å². The van der Waals surface area contributed by atoms with Crippen LogP contribution in [0, 0.1) is 5.92 Å². The number of nitrogens with one attached hydrogen (secondary N) is 2. The van der Waals surface area contributed by atoms with Gasteiger partial charge in [0.05, 0.1) is 12.0 Å². The van der Waals surface area contributed by atoms with Crippen LogP contribution in [0.25, 0.3) is 0 Å². The topological polar surface area (TPSA) is 71.8 Å². The average Bonchev–Trinajstić information content (AvgIpc) is 2.83. The van der Waals surface area contributed by atoms with E-state index in [4.69, 9.17) is 0 Å². The highest BCUT2D eigenvalue weighted by Crippen LogP contribution is 2.31. The Hall–Kier alpha value is -1.64. The molecule has 1 aromatic rings. The maximum Gasteiger partial charge on any atom is 0.393 e. The van der Waals surface area contributed by atoms with Crippen LogP contribution in [0.4, 0.5) is 13.2 Å². The van der Waals surface area contributed by atoms with Crippen molar-refractivity contribution >= 4 is 5.91 Å². The van der Waals surface area contributed by atoms with E-state index in [2.05, 4.69) is 20.8 Å². The highest BCUT2D eigenvalue weighted by molar-refractivity contribution is 5.81. The normalized spacial score (nSPS) is 23.0. The summed E-state index contributed by atoms with van der Waals surface area (Å²) in [5.41, 5.74) is 0. The lowest BCUT2D eigenvalue weighted by Crippen LogP contribution is -2.51. The molecule has 2 heterocycles. The molecular weight excluding hydrogens is 287 g/mol. The molecule has 0 spiro atoms. The molecule has 0 aromatic carbocycles. The second-order valence-corrected chi connectivity index (χ2v) is 5.18. The van der Waals surface area contributed by atoms with Crippen LogP contribution in [-0.2, 0) is 18.3 Å². The van der Waals surface area contributed by atoms with E-state index in [1.165, 1.54) is 0 Å². The SMILES string of the molecule is Cn1cnnc1CCNC(=O)C1CCC(C(F)(F)F)CN1. The zero-order valence-electron chi connectivity index (χ0n) is 11.7. The van der Waals surface area contributed by atoms with Crippen LogP contribution in [0.1, 0.15) is 18.7 Å². The lowest BCUT2D eigenvalue weighted by atomic mass is 9.94. The zero-order valence-corrected chi connectivity index (χ0v) is 11.7. The summed E-state index contributed by atoms with van der Waals surface area (Å²) >= 11 is 0. The van der Waals surface area contributed by atoms with Gasteiger partial charge in [0.15, 0.2) is 0 Å². The van der Waals surface area contributed by atoms with E-state index in [0.717, 1.165) is 5.82 Å². The third-order valence-electron chi connectivity index (χ3n) is 3.65. The molecule has 0 aliphatic carbocycles. The third-order valence-corrected chi connectivity index (χ3v) is 3.65. The first-order valence-corrected chi connectivity index (χ1v) is 6.78. The van der Waals surface area contributed by atoms with Crippen molar-refractivity contribution in [2.75, 3.05) is 13.1 Å². The smallest absolute Gasteiger partial charge is 0.354 e. The Bertz CT molecular complexity index is 479. The van der Waals surface area contributed by atoms with Crippen LogP contribution in [0.5, 0.6) is 0 Å². The molecule has 0 radical (unpaired) electrons. The molecule has 9 heteroatoms. The number of halogens is 3. The predicted octanol–water partition coefficient (Wildman–Crippen LogP) is 0.404. The second kappa shape index (κ2) is 6.42.